The summed E-state index contributed by atoms with van der Waals surface area (Å²) < 4.78 is 5.26. The highest BCUT2D eigenvalue weighted by molar-refractivity contribution is 5.43. The van der Waals surface area contributed by atoms with E-state index in [0.29, 0.717) is 0 Å². The van der Waals surface area contributed by atoms with Gasteiger partial charge in [-0.25, -0.2) is 4.98 Å². The Bertz CT molecular complexity index is 345. The van der Waals surface area contributed by atoms with Gasteiger partial charge in [-0.15, -0.1) is 0 Å². The van der Waals surface area contributed by atoms with E-state index < -0.39 is 0 Å². The molecule has 0 radical (unpaired) electrons. The summed E-state index contributed by atoms with van der Waals surface area (Å²) in [7, 11) is 1.67. The van der Waals surface area contributed by atoms with Gasteiger partial charge in [-0.1, -0.05) is 0 Å². The van der Waals surface area contributed by atoms with Crippen LogP contribution in [0.1, 0.15) is 0 Å². The molecule has 0 bridgehead atoms. The third kappa shape index (κ3) is 2.00. The molecule has 4 N–H and O–H groups in total. The van der Waals surface area contributed by atoms with Gasteiger partial charge in [0.05, 0.1) is 12.1 Å². The fraction of sp³-hybridized carbons (Fsp3) is 0.556. The zero-order chi connectivity index (χ0) is 10.8. The maximum absolute atomic E-state index is 5.91. The number of anilines is 2. The third-order valence-corrected chi connectivity index (χ3v) is 2.60. The van der Waals surface area contributed by atoms with Crippen molar-refractivity contribution >= 4 is 11.8 Å². The maximum Gasteiger partial charge on any atom is 0.221 e. The number of aromatic nitrogens is 2. The number of hydrogen-bond acceptors (Lipinski definition) is 6. The number of nitrogen functional groups attached to an aromatic ring is 1. The topological polar surface area (TPSA) is 90.3 Å². The molecule has 2 heterocycles. The molecule has 0 saturated carbocycles. The first-order valence-corrected chi connectivity index (χ1v) is 4.82. The summed E-state index contributed by atoms with van der Waals surface area (Å²) in [6, 6.07) is 1.84. The highest BCUT2D eigenvalue weighted by Gasteiger charge is 2.30. The average Bonchev–Trinajstić information content (AvgIpc) is 2.60. The first-order chi connectivity index (χ1) is 7.20. The molecule has 1 fully saturated rings. The van der Waals surface area contributed by atoms with Crippen molar-refractivity contribution in [2.45, 2.75) is 12.1 Å². The van der Waals surface area contributed by atoms with Gasteiger partial charge < -0.3 is 21.1 Å². The zero-order valence-corrected chi connectivity index (χ0v) is 8.63. The molecule has 2 atom stereocenters. The van der Waals surface area contributed by atoms with Crippen LogP contribution in [0, 0.1) is 0 Å². The van der Waals surface area contributed by atoms with Crippen molar-refractivity contribution in [3.8, 4) is 0 Å². The molecule has 1 saturated heterocycles. The molecule has 15 heavy (non-hydrogen) atoms. The summed E-state index contributed by atoms with van der Waals surface area (Å²) in [6.45, 7) is 1.48. The summed E-state index contributed by atoms with van der Waals surface area (Å²) in [6.07, 6.45) is 1.70. The van der Waals surface area contributed by atoms with E-state index in [1.54, 1.807) is 13.3 Å². The van der Waals surface area contributed by atoms with E-state index in [4.69, 9.17) is 16.2 Å². The van der Waals surface area contributed by atoms with Crippen molar-refractivity contribution in [2.75, 3.05) is 30.8 Å². The van der Waals surface area contributed by atoms with Gasteiger partial charge in [0.15, 0.2) is 0 Å². The highest BCUT2D eigenvalue weighted by atomic mass is 16.5. The Morgan fingerprint density at radius 1 is 1.53 bits per heavy atom. The minimum absolute atomic E-state index is 0.0196. The quantitative estimate of drug-likeness (QED) is 0.664. The fourth-order valence-electron chi connectivity index (χ4n) is 1.78. The molecule has 0 spiro atoms. The molecule has 1 aromatic rings. The lowest BCUT2D eigenvalue weighted by atomic mass is 10.2. The summed E-state index contributed by atoms with van der Waals surface area (Å²) in [4.78, 5) is 10.0. The lowest BCUT2D eigenvalue weighted by Crippen LogP contribution is -2.34. The van der Waals surface area contributed by atoms with Gasteiger partial charge in [0, 0.05) is 26.4 Å². The second-order valence-corrected chi connectivity index (χ2v) is 3.62. The van der Waals surface area contributed by atoms with Crippen molar-refractivity contribution < 1.29 is 4.74 Å². The van der Waals surface area contributed by atoms with E-state index in [1.807, 2.05) is 6.07 Å². The first-order valence-electron chi connectivity index (χ1n) is 4.82. The molecule has 6 nitrogen and oxygen atoms in total. The third-order valence-electron chi connectivity index (χ3n) is 2.60. The van der Waals surface area contributed by atoms with Crippen LogP contribution in [-0.2, 0) is 4.74 Å². The van der Waals surface area contributed by atoms with Crippen LogP contribution in [-0.4, -0.2) is 42.3 Å². The van der Waals surface area contributed by atoms with Gasteiger partial charge in [0.1, 0.15) is 5.82 Å². The molecule has 1 aromatic heterocycles. The molecule has 0 aliphatic carbocycles. The Hall–Kier alpha value is -1.40. The molecule has 0 amide bonds. The van der Waals surface area contributed by atoms with Gasteiger partial charge in [-0.05, 0) is 6.07 Å². The average molecular weight is 209 g/mol. The van der Waals surface area contributed by atoms with Crippen molar-refractivity contribution in [1.29, 1.82) is 0 Å². The van der Waals surface area contributed by atoms with Crippen LogP contribution in [0.25, 0.3) is 0 Å². The highest BCUT2D eigenvalue weighted by Crippen LogP contribution is 2.18. The Kier molecular flexibility index (Phi) is 2.70. The van der Waals surface area contributed by atoms with Crippen molar-refractivity contribution in [3.63, 3.8) is 0 Å². The molecule has 1 aliphatic heterocycles. The van der Waals surface area contributed by atoms with Crippen LogP contribution in [0.5, 0.6) is 0 Å². The Labute approximate surface area is 88.2 Å². The van der Waals surface area contributed by atoms with Crippen LogP contribution < -0.4 is 16.4 Å². The zero-order valence-electron chi connectivity index (χ0n) is 8.63. The monoisotopic (exact) mass is 209 g/mol. The summed E-state index contributed by atoms with van der Waals surface area (Å²) in [5.74, 6) is 1.08. The number of ether oxygens (including phenoxy) is 1. The van der Waals surface area contributed by atoms with Gasteiger partial charge in [-0.3, -0.25) is 0 Å². The van der Waals surface area contributed by atoms with Crippen LogP contribution in [0.2, 0.25) is 0 Å². The molecule has 0 aromatic carbocycles. The van der Waals surface area contributed by atoms with Crippen molar-refractivity contribution in [2.24, 2.45) is 5.73 Å². The maximum atomic E-state index is 5.91. The molecule has 1 aliphatic rings. The van der Waals surface area contributed by atoms with E-state index in [-0.39, 0.29) is 18.1 Å². The first kappa shape index (κ1) is 10.1. The van der Waals surface area contributed by atoms with E-state index in [1.165, 1.54) is 0 Å². The smallest absolute Gasteiger partial charge is 0.221 e. The van der Waals surface area contributed by atoms with Crippen LogP contribution in [0.4, 0.5) is 11.8 Å². The minimum Gasteiger partial charge on any atom is -0.378 e. The number of nitrogens with two attached hydrogens (primary N) is 2. The Morgan fingerprint density at radius 2 is 2.33 bits per heavy atom. The normalized spacial score (nSPS) is 25.9. The van der Waals surface area contributed by atoms with E-state index >= 15 is 0 Å². The van der Waals surface area contributed by atoms with Gasteiger partial charge >= 0.3 is 0 Å². The Morgan fingerprint density at radius 3 is 2.93 bits per heavy atom. The SMILES string of the molecule is CO[C@H]1CN(c2ccnc(N)n2)C[C@H]1N. The van der Waals surface area contributed by atoms with E-state index in [0.717, 1.165) is 18.9 Å². The number of hydrogen-bond donors (Lipinski definition) is 2. The molecule has 0 unspecified atom stereocenters. The lowest BCUT2D eigenvalue weighted by Gasteiger charge is -2.16. The van der Waals surface area contributed by atoms with E-state index in [2.05, 4.69) is 14.9 Å². The van der Waals surface area contributed by atoms with Crippen molar-refractivity contribution in [1.82, 2.24) is 9.97 Å². The van der Waals surface area contributed by atoms with Gasteiger partial charge in [0.25, 0.3) is 0 Å². The fourth-order valence-corrected chi connectivity index (χ4v) is 1.78. The largest absolute Gasteiger partial charge is 0.378 e. The van der Waals surface area contributed by atoms with Gasteiger partial charge in [0.2, 0.25) is 5.95 Å². The second-order valence-electron chi connectivity index (χ2n) is 3.62. The molecule has 82 valence electrons. The Balaban J connectivity index is 2.13. The van der Waals surface area contributed by atoms with Crippen LogP contribution >= 0.6 is 0 Å². The predicted octanol–water partition coefficient (Wildman–Crippen LogP) is -0.779. The predicted molar refractivity (Wildman–Crippen MR) is 57.4 cm³/mol. The number of rotatable bonds is 2. The lowest BCUT2D eigenvalue weighted by molar-refractivity contribution is 0.108. The van der Waals surface area contributed by atoms with E-state index in [9.17, 15) is 0 Å². The number of nitrogens with zero attached hydrogens (tertiary/aromatic N) is 3. The van der Waals surface area contributed by atoms with Crippen LogP contribution in [0.15, 0.2) is 12.3 Å². The molecule has 6 heteroatoms. The summed E-state index contributed by atoms with van der Waals surface area (Å²) in [5.41, 5.74) is 11.4. The molecular weight excluding hydrogens is 194 g/mol. The van der Waals surface area contributed by atoms with Gasteiger partial charge in [-0.2, -0.15) is 4.98 Å². The van der Waals surface area contributed by atoms with Crippen LogP contribution in [0.3, 0.4) is 0 Å². The minimum atomic E-state index is 0.0196. The standard InChI is InChI=1S/C9H15N5O/c1-15-7-5-14(4-6(7)10)8-2-3-12-9(11)13-8/h2-3,6-7H,4-5,10H2,1H3,(H2,11,12,13)/t6-,7+/m1/s1. The summed E-state index contributed by atoms with van der Waals surface area (Å²) in [5, 5.41) is 0. The summed E-state index contributed by atoms with van der Waals surface area (Å²) >= 11 is 0. The molecular formula is C9H15N5O. The van der Waals surface area contributed by atoms with Crippen molar-refractivity contribution in [3.05, 3.63) is 12.3 Å². The molecule has 2 rings (SSSR count). The second kappa shape index (κ2) is 4.00. The number of methoxy groups -OCH3 is 1.